The Morgan fingerprint density at radius 3 is 2.70 bits per heavy atom. The number of rotatable bonds is 5. The Bertz CT molecular complexity index is 340. The molecule has 0 aromatic heterocycles. The largest absolute Gasteiger partial charge is 0.376 e. The SMILES string of the molecule is CCC1NC(=O)CCN(CCOC2CCCCC2)C1=O. The summed E-state index contributed by atoms with van der Waals surface area (Å²) in [4.78, 5) is 25.6. The van der Waals surface area contributed by atoms with Crippen LogP contribution in [0.4, 0.5) is 0 Å². The second-order valence-corrected chi connectivity index (χ2v) is 5.73. The maximum Gasteiger partial charge on any atom is 0.245 e. The summed E-state index contributed by atoms with van der Waals surface area (Å²) in [5.41, 5.74) is 0. The molecule has 5 heteroatoms. The van der Waals surface area contributed by atoms with Crippen molar-refractivity contribution in [2.75, 3.05) is 19.7 Å². The summed E-state index contributed by atoms with van der Waals surface area (Å²) in [6.45, 7) is 3.61. The van der Waals surface area contributed by atoms with Crippen LogP contribution in [0.2, 0.25) is 0 Å². The van der Waals surface area contributed by atoms with Gasteiger partial charge in [-0.25, -0.2) is 0 Å². The van der Waals surface area contributed by atoms with Crippen LogP contribution in [0.25, 0.3) is 0 Å². The minimum Gasteiger partial charge on any atom is -0.376 e. The molecule has 1 N–H and O–H groups in total. The number of nitrogens with one attached hydrogen (secondary N) is 1. The van der Waals surface area contributed by atoms with Gasteiger partial charge >= 0.3 is 0 Å². The lowest BCUT2D eigenvalue weighted by molar-refractivity contribution is -0.134. The number of hydrogen-bond acceptors (Lipinski definition) is 3. The fourth-order valence-electron chi connectivity index (χ4n) is 2.96. The molecule has 1 heterocycles. The molecule has 0 spiro atoms. The summed E-state index contributed by atoms with van der Waals surface area (Å²) >= 11 is 0. The van der Waals surface area contributed by atoms with Crippen molar-refractivity contribution >= 4 is 11.8 Å². The second kappa shape index (κ2) is 7.62. The normalized spacial score (nSPS) is 25.4. The molecule has 1 aliphatic heterocycles. The molecule has 1 aliphatic carbocycles. The highest BCUT2D eigenvalue weighted by Gasteiger charge is 2.28. The first-order chi connectivity index (χ1) is 9.70. The summed E-state index contributed by atoms with van der Waals surface area (Å²) in [5.74, 6) is 0.00601. The highest BCUT2D eigenvalue weighted by Crippen LogP contribution is 2.20. The third kappa shape index (κ3) is 4.20. The molecule has 20 heavy (non-hydrogen) atoms. The predicted octanol–water partition coefficient (Wildman–Crippen LogP) is 1.46. The molecule has 0 bridgehead atoms. The summed E-state index contributed by atoms with van der Waals surface area (Å²) < 4.78 is 5.87. The van der Waals surface area contributed by atoms with E-state index in [4.69, 9.17) is 4.74 Å². The summed E-state index contributed by atoms with van der Waals surface area (Å²) in [6.07, 6.45) is 7.52. The van der Waals surface area contributed by atoms with Crippen LogP contribution < -0.4 is 5.32 Å². The first-order valence-electron chi connectivity index (χ1n) is 7.90. The van der Waals surface area contributed by atoms with Crippen LogP contribution in [0.5, 0.6) is 0 Å². The Morgan fingerprint density at radius 2 is 2.00 bits per heavy atom. The van der Waals surface area contributed by atoms with E-state index in [1.165, 1.54) is 19.3 Å². The fourth-order valence-corrected chi connectivity index (χ4v) is 2.96. The molecule has 0 radical (unpaired) electrons. The summed E-state index contributed by atoms with van der Waals surface area (Å²) in [6, 6.07) is -0.361. The number of nitrogens with zero attached hydrogens (tertiary/aromatic N) is 1. The molecule has 0 aromatic rings. The van der Waals surface area contributed by atoms with E-state index in [9.17, 15) is 9.59 Å². The van der Waals surface area contributed by atoms with Crippen LogP contribution in [-0.4, -0.2) is 48.6 Å². The van der Waals surface area contributed by atoms with E-state index in [0.29, 0.717) is 38.6 Å². The predicted molar refractivity (Wildman–Crippen MR) is 76.2 cm³/mol. The molecule has 114 valence electrons. The van der Waals surface area contributed by atoms with Gasteiger partial charge in [-0.15, -0.1) is 0 Å². The van der Waals surface area contributed by atoms with E-state index in [0.717, 1.165) is 12.8 Å². The fraction of sp³-hybridized carbons (Fsp3) is 0.867. The van der Waals surface area contributed by atoms with Crippen LogP contribution in [0.3, 0.4) is 0 Å². The van der Waals surface area contributed by atoms with E-state index in [1.54, 1.807) is 4.90 Å². The molecule has 0 aromatic carbocycles. The lowest BCUT2D eigenvalue weighted by atomic mass is 9.98. The Kier molecular flexibility index (Phi) is 5.83. The highest BCUT2D eigenvalue weighted by atomic mass is 16.5. The zero-order valence-corrected chi connectivity index (χ0v) is 12.4. The van der Waals surface area contributed by atoms with E-state index in [-0.39, 0.29) is 17.9 Å². The molecule has 2 fully saturated rings. The number of ether oxygens (including phenoxy) is 1. The maximum absolute atomic E-state index is 12.3. The van der Waals surface area contributed by atoms with Gasteiger partial charge in [0.05, 0.1) is 12.7 Å². The van der Waals surface area contributed by atoms with Gasteiger partial charge in [0.2, 0.25) is 11.8 Å². The van der Waals surface area contributed by atoms with Crippen LogP contribution in [0.15, 0.2) is 0 Å². The molecule has 2 aliphatic rings. The quantitative estimate of drug-likeness (QED) is 0.830. The smallest absolute Gasteiger partial charge is 0.245 e. The Morgan fingerprint density at radius 1 is 1.25 bits per heavy atom. The lowest BCUT2D eigenvalue weighted by Crippen LogP contribution is -2.45. The molecule has 1 saturated carbocycles. The molecular formula is C15H26N2O3. The Balaban J connectivity index is 1.78. The van der Waals surface area contributed by atoms with Crippen LogP contribution >= 0.6 is 0 Å². The molecular weight excluding hydrogens is 256 g/mol. The topological polar surface area (TPSA) is 58.6 Å². The number of carbonyl (C=O) groups is 2. The van der Waals surface area contributed by atoms with Crippen molar-refractivity contribution in [3.05, 3.63) is 0 Å². The van der Waals surface area contributed by atoms with Crippen molar-refractivity contribution < 1.29 is 14.3 Å². The minimum atomic E-state index is -0.361. The van der Waals surface area contributed by atoms with E-state index in [1.807, 2.05) is 6.92 Å². The standard InChI is InChI=1S/C15H26N2O3/c1-2-13-15(19)17(9-8-14(18)16-13)10-11-20-12-6-4-3-5-7-12/h12-13H,2-11H2,1H3,(H,16,18). The third-order valence-electron chi connectivity index (χ3n) is 4.23. The minimum absolute atomic E-state index is 0.0269. The summed E-state index contributed by atoms with van der Waals surface area (Å²) in [5, 5.41) is 2.78. The first kappa shape index (κ1) is 15.3. The summed E-state index contributed by atoms with van der Waals surface area (Å²) in [7, 11) is 0. The molecule has 2 rings (SSSR count). The van der Waals surface area contributed by atoms with Crippen LogP contribution in [-0.2, 0) is 14.3 Å². The van der Waals surface area contributed by atoms with Crippen molar-refractivity contribution in [1.29, 1.82) is 0 Å². The van der Waals surface area contributed by atoms with E-state index >= 15 is 0 Å². The average molecular weight is 282 g/mol. The molecule has 1 saturated heterocycles. The Labute approximate surface area is 121 Å². The van der Waals surface area contributed by atoms with Gasteiger partial charge in [0, 0.05) is 19.5 Å². The van der Waals surface area contributed by atoms with Gasteiger partial charge in [-0.05, 0) is 19.3 Å². The van der Waals surface area contributed by atoms with Crippen molar-refractivity contribution in [2.24, 2.45) is 0 Å². The molecule has 1 atom stereocenters. The van der Waals surface area contributed by atoms with Crippen LogP contribution in [0, 0.1) is 0 Å². The van der Waals surface area contributed by atoms with Gasteiger partial charge in [0.25, 0.3) is 0 Å². The number of amides is 2. The molecule has 2 amide bonds. The molecule has 1 unspecified atom stereocenters. The maximum atomic E-state index is 12.3. The van der Waals surface area contributed by atoms with Gasteiger partial charge in [0.1, 0.15) is 6.04 Å². The first-order valence-corrected chi connectivity index (χ1v) is 7.90. The van der Waals surface area contributed by atoms with Crippen LogP contribution in [0.1, 0.15) is 51.9 Å². The van der Waals surface area contributed by atoms with Gasteiger partial charge in [-0.3, -0.25) is 9.59 Å². The number of hydrogen-bond donors (Lipinski definition) is 1. The molecule has 5 nitrogen and oxygen atoms in total. The monoisotopic (exact) mass is 282 g/mol. The van der Waals surface area contributed by atoms with Crippen molar-refractivity contribution in [2.45, 2.75) is 64.0 Å². The van der Waals surface area contributed by atoms with Gasteiger partial charge in [-0.2, -0.15) is 0 Å². The lowest BCUT2D eigenvalue weighted by Gasteiger charge is -2.26. The third-order valence-corrected chi connectivity index (χ3v) is 4.23. The van der Waals surface area contributed by atoms with Gasteiger partial charge in [-0.1, -0.05) is 26.2 Å². The van der Waals surface area contributed by atoms with Crippen molar-refractivity contribution in [3.63, 3.8) is 0 Å². The van der Waals surface area contributed by atoms with E-state index in [2.05, 4.69) is 5.32 Å². The zero-order chi connectivity index (χ0) is 14.4. The van der Waals surface area contributed by atoms with Crippen molar-refractivity contribution in [1.82, 2.24) is 10.2 Å². The Hall–Kier alpha value is -1.10. The average Bonchev–Trinajstić information content (AvgIpc) is 2.61. The zero-order valence-electron chi connectivity index (χ0n) is 12.4. The van der Waals surface area contributed by atoms with Gasteiger partial charge in [0.15, 0.2) is 0 Å². The van der Waals surface area contributed by atoms with E-state index < -0.39 is 0 Å². The number of carbonyl (C=O) groups excluding carboxylic acids is 2. The van der Waals surface area contributed by atoms with Crippen molar-refractivity contribution in [3.8, 4) is 0 Å². The second-order valence-electron chi connectivity index (χ2n) is 5.73. The highest BCUT2D eigenvalue weighted by molar-refractivity contribution is 5.89. The van der Waals surface area contributed by atoms with Gasteiger partial charge < -0.3 is 15.0 Å².